The predicted molar refractivity (Wildman–Crippen MR) is 90.2 cm³/mol. The average Bonchev–Trinajstić information content (AvgIpc) is 3.05. The number of hydrogen-bond acceptors (Lipinski definition) is 5. The molecule has 6 nitrogen and oxygen atoms in total. The molecule has 3 aromatic heterocycles. The molecule has 114 valence electrons. The van der Waals surface area contributed by atoms with Gasteiger partial charge in [-0.3, -0.25) is 4.79 Å². The smallest absolute Gasteiger partial charge is 0.252 e. The Morgan fingerprint density at radius 2 is 1.58 bits per heavy atom. The molecule has 0 bridgehead atoms. The molecule has 24 heavy (non-hydrogen) atoms. The summed E-state index contributed by atoms with van der Waals surface area (Å²) >= 11 is 0. The van der Waals surface area contributed by atoms with Crippen molar-refractivity contribution in [3.8, 4) is 5.69 Å². The predicted octanol–water partition coefficient (Wildman–Crippen LogP) is 3.08. The van der Waals surface area contributed by atoms with Crippen LogP contribution in [0, 0.1) is 0 Å². The van der Waals surface area contributed by atoms with Gasteiger partial charge in [-0.2, -0.15) is 5.10 Å². The molecule has 0 radical (unpaired) electrons. The molecule has 0 aliphatic carbocycles. The van der Waals surface area contributed by atoms with E-state index in [-0.39, 0.29) is 16.7 Å². The second-order valence-corrected chi connectivity index (χ2v) is 5.41. The monoisotopic (exact) mass is 314 g/mol. The Morgan fingerprint density at radius 3 is 2.38 bits per heavy atom. The summed E-state index contributed by atoms with van der Waals surface area (Å²) in [5.74, 6) is 0. The molecule has 0 unspecified atom stereocenters. The molecular weight excluding hydrogens is 304 g/mol. The minimum absolute atomic E-state index is 0.212. The SMILES string of the molecule is O=c1c2cnn(-c3ccccc3)c2oc2nc3ccccc3nc12. The Balaban J connectivity index is 1.91. The average molecular weight is 314 g/mol. The molecule has 5 aromatic rings. The van der Waals surface area contributed by atoms with Crippen LogP contribution in [0.5, 0.6) is 0 Å². The summed E-state index contributed by atoms with van der Waals surface area (Å²) in [4.78, 5) is 21.6. The first-order valence-corrected chi connectivity index (χ1v) is 7.44. The van der Waals surface area contributed by atoms with Crippen molar-refractivity contribution in [1.82, 2.24) is 19.7 Å². The number of rotatable bonds is 1. The molecule has 2 aromatic carbocycles. The molecule has 0 amide bonds. The Kier molecular flexibility index (Phi) is 2.55. The highest BCUT2D eigenvalue weighted by molar-refractivity contribution is 5.89. The highest BCUT2D eigenvalue weighted by Gasteiger charge is 2.16. The number of hydrogen-bond donors (Lipinski definition) is 0. The fraction of sp³-hybridized carbons (Fsp3) is 0. The Hall–Kier alpha value is -3.54. The van der Waals surface area contributed by atoms with Gasteiger partial charge in [-0.25, -0.2) is 14.6 Å². The van der Waals surface area contributed by atoms with Gasteiger partial charge in [0.05, 0.1) is 22.9 Å². The van der Waals surface area contributed by atoms with Gasteiger partial charge in [-0.15, -0.1) is 0 Å². The van der Waals surface area contributed by atoms with Crippen LogP contribution in [0.15, 0.2) is 70.0 Å². The van der Waals surface area contributed by atoms with E-state index in [2.05, 4.69) is 15.1 Å². The number of para-hydroxylation sites is 3. The standard InChI is InChI=1S/C18H10N4O2/c23-16-12-10-19-22(11-6-2-1-3-7-11)18(12)24-17-15(16)20-13-8-4-5-9-14(13)21-17/h1-10H. The van der Waals surface area contributed by atoms with Gasteiger partial charge in [0.2, 0.25) is 11.1 Å². The van der Waals surface area contributed by atoms with Crippen molar-refractivity contribution in [2.75, 3.05) is 0 Å². The van der Waals surface area contributed by atoms with E-state index in [4.69, 9.17) is 4.42 Å². The van der Waals surface area contributed by atoms with Crippen LogP contribution in [0.25, 0.3) is 39.1 Å². The summed E-state index contributed by atoms with van der Waals surface area (Å²) < 4.78 is 7.48. The maximum absolute atomic E-state index is 12.8. The topological polar surface area (TPSA) is 73.8 Å². The van der Waals surface area contributed by atoms with Crippen molar-refractivity contribution < 1.29 is 4.42 Å². The molecule has 0 aliphatic rings. The molecule has 3 heterocycles. The molecular formula is C18H10N4O2. The van der Waals surface area contributed by atoms with E-state index in [0.717, 1.165) is 5.69 Å². The van der Waals surface area contributed by atoms with Crippen LogP contribution in [0.4, 0.5) is 0 Å². The lowest BCUT2D eigenvalue weighted by atomic mass is 10.2. The fourth-order valence-corrected chi connectivity index (χ4v) is 2.77. The van der Waals surface area contributed by atoms with Crippen molar-refractivity contribution >= 4 is 33.4 Å². The molecule has 0 fully saturated rings. The molecule has 0 saturated heterocycles. The van der Waals surface area contributed by atoms with Crippen LogP contribution in [0.2, 0.25) is 0 Å². The van der Waals surface area contributed by atoms with E-state index in [1.54, 1.807) is 4.68 Å². The fourth-order valence-electron chi connectivity index (χ4n) is 2.77. The van der Waals surface area contributed by atoms with Gasteiger partial charge < -0.3 is 4.42 Å². The number of aromatic nitrogens is 4. The number of benzene rings is 2. The van der Waals surface area contributed by atoms with Crippen LogP contribution in [-0.4, -0.2) is 19.7 Å². The lowest BCUT2D eigenvalue weighted by molar-refractivity contribution is 0.610. The van der Waals surface area contributed by atoms with Gasteiger partial charge in [0.15, 0.2) is 5.52 Å². The summed E-state index contributed by atoms with van der Waals surface area (Å²) in [6.45, 7) is 0. The maximum Gasteiger partial charge on any atom is 0.252 e. The van der Waals surface area contributed by atoms with Crippen LogP contribution >= 0.6 is 0 Å². The minimum Gasteiger partial charge on any atom is -0.417 e. The van der Waals surface area contributed by atoms with Crippen molar-refractivity contribution in [2.45, 2.75) is 0 Å². The van der Waals surface area contributed by atoms with Gasteiger partial charge in [0, 0.05) is 0 Å². The van der Waals surface area contributed by atoms with Crippen molar-refractivity contribution in [2.24, 2.45) is 0 Å². The van der Waals surface area contributed by atoms with Gasteiger partial charge in [-0.05, 0) is 24.3 Å². The van der Waals surface area contributed by atoms with Crippen LogP contribution in [0.3, 0.4) is 0 Å². The van der Waals surface area contributed by atoms with E-state index >= 15 is 0 Å². The first-order chi connectivity index (χ1) is 11.8. The van der Waals surface area contributed by atoms with Crippen LogP contribution < -0.4 is 5.43 Å². The Bertz CT molecular complexity index is 1270. The van der Waals surface area contributed by atoms with E-state index in [0.29, 0.717) is 22.1 Å². The lowest BCUT2D eigenvalue weighted by Crippen LogP contribution is -2.06. The first-order valence-electron chi connectivity index (χ1n) is 7.44. The first kappa shape index (κ1) is 13.0. The summed E-state index contributed by atoms with van der Waals surface area (Å²) in [5.41, 5.74) is 2.71. The van der Waals surface area contributed by atoms with E-state index < -0.39 is 0 Å². The zero-order valence-corrected chi connectivity index (χ0v) is 12.4. The third kappa shape index (κ3) is 1.77. The van der Waals surface area contributed by atoms with E-state index in [1.807, 2.05) is 54.6 Å². The second-order valence-electron chi connectivity index (χ2n) is 5.41. The summed E-state index contributed by atoms with van der Waals surface area (Å²) in [6, 6.07) is 16.9. The zero-order valence-electron chi connectivity index (χ0n) is 12.4. The summed E-state index contributed by atoms with van der Waals surface area (Å²) in [5, 5.41) is 4.67. The number of fused-ring (bicyclic) bond motifs is 3. The van der Waals surface area contributed by atoms with E-state index in [9.17, 15) is 4.79 Å². The van der Waals surface area contributed by atoms with Crippen molar-refractivity contribution in [3.63, 3.8) is 0 Å². The van der Waals surface area contributed by atoms with E-state index in [1.165, 1.54) is 6.20 Å². The highest BCUT2D eigenvalue weighted by atomic mass is 16.4. The van der Waals surface area contributed by atoms with Gasteiger partial charge in [0.1, 0.15) is 5.39 Å². The molecule has 0 atom stereocenters. The Morgan fingerprint density at radius 1 is 0.875 bits per heavy atom. The quantitative estimate of drug-likeness (QED) is 0.445. The van der Waals surface area contributed by atoms with Gasteiger partial charge >= 0.3 is 0 Å². The Labute approximate surface area is 135 Å². The second kappa shape index (κ2) is 4.73. The van der Waals surface area contributed by atoms with Crippen molar-refractivity contribution in [1.29, 1.82) is 0 Å². The maximum atomic E-state index is 12.8. The molecule has 0 N–H and O–H groups in total. The molecule has 0 aliphatic heterocycles. The third-order valence-electron chi connectivity index (χ3n) is 3.92. The lowest BCUT2D eigenvalue weighted by Gasteiger charge is -2.03. The van der Waals surface area contributed by atoms with Crippen LogP contribution in [-0.2, 0) is 0 Å². The zero-order chi connectivity index (χ0) is 16.1. The summed E-state index contributed by atoms with van der Waals surface area (Å²) in [7, 11) is 0. The molecule has 0 saturated carbocycles. The van der Waals surface area contributed by atoms with Crippen molar-refractivity contribution in [3.05, 3.63) is 71.0 Å². The third-order valence-corrected chi connectivity index (χ3v) is 3.92. The largest absolute Gasteiger partial charge is 0.417 e. The van der Waals surface area contributed by atoms with Gasteiger partial charge in [-0.1, -0.05) is 30.3 Å². The highest BCUT2D eigenvalue weighted by Crippen LogP contribution is 2.21. The molecule has 5 rings (SSSR count). The normalized spacial score (nSPS) is 11.5. The molecule has 6 heteroatoms. The van der Waals surface area contributed by atoms with Crippen LogP contribution in [0.1, 0.15) is 0 Å². The minimum atomic E-state index is -0.230. The molecule has 0 spiro atoms. The van der Waals surface area contributed by atoms with Gasteiger partial charge in [0.25, 0.3) is 5.71 Å². The number of nitrogens with zero attached hydrogens (tertiary/aromatic N) is 4. The summed E-state index contributed by atoms with van der Waals surface area (Å²) in [6.07, 6.45) is 1.50.